The van der Waals surface area contributed by atoms with Gasteiger partial charge in [-0.1, -0.05) is 19.6 Å². The Balaban J connectivity index is 1.45. The molecule has 8 atom stereocenters. The molecule has 1 N–H and O–H groups in total. The molecule has 0 radical (unpaired) electrons. The molecule has 0 heterocycles. The fourth-order valence-electron chi connectivity index (χ4n) is 8.38. The first-order valence-corrected chi connectivity index (χ1v) is 12.4. The number of rotatable bonds is 5. The summed E-state index contributed by atoms with van der Waals surface area (Å²) in [6.45, 7) is 8.47. The molecule has 4 saturated carbocycles. The normalized spacial score (nSPS) is 44.4. The Labute approximate surface area is 188 Å². The van der Waals surface area contributed by atoms with Crippen LogP contribution in [0.25, 0.3) is 0 Å². The van der Waals surface area contributed by atoms with Crippen molar-refractivity contribution in [2.45, 2.75) is 77.2 Å². The van der Waals surface area contributed by atoms with E-state index in [0.29, 0.717) is 29.7 Å². The predicted octanol–water partition coefficient (Wildman–Crippen LogP) is 5.10. The summed E-state index contributed by atoms with van der Waals surface area (Å²) in [5.74, 6) is 4.22. The van der Waals surface area contributed by atoms with Gasteiger partial charge in [0.05, 0.1) is 17.7 Å². The van der Waals surface area contributed by atoms with Crippen LogP contribution in [0.4, 0.5) is 0 Å². The third-order valence-corrected chi connectivity index (χ3v) is 9.74. The molecule has 0 aromatic rings. The molecule has 4 nitrogen and oxygen atoms in total. The lowest BCUT2D eigenvalue weighted by Gasteiger charge is -2.56. The van der Waals surface area contributed by atoms with E-state index in [1.165, 1.54) is 44.6 Å². The summed E-state index contributed by atoms with van der Waals surface area (Å²) in [7, 11) is 1.88. The molecule has 4 fully saturated rings. The fraction of sp³-hybridized carbons (Fsp3) is 0.778. The molecule has 0 amide bonds. The van der Waals surface area contributed by atoms with E-state index in [-0.39, 0.29) is 11.3 Å². The Morgan fingerprint density at radius 2 is 1.87 bits per heavy atom. The third kappa shape index (κ3) is 4.11. The minimum absolute atomic E-state index is 0.131. The van der Waals surface area contributed by atoms with Gasteiger partial charge in [0.1, 0.15) is 6.07 Å². The van der Waals surface area contributed by atoms with Crippen molar-refractivity contribution in [3.63, 3.8) is 0 Å². The standard InChI is InChI=1S/C27H40N2O2/c1-5-18(15-28)16-29(4)17-25(30)24-9-8-23-22-7-6-19-14-26(2,31)12-10-20(19)21(22)11-13-27(23,24)3/h5,16,19-24,31H,1,6-14,17H2,2-4H3/b18-16+/t19?,20?,21-,22-,23+,24-,26-,27?/m1/s1. The van der Waals surface area contributed by atoms with Gasteiger partial charge in [0, 0.05) is 19.2 Å². The Morgan fingerprint density at radius 1 is 1.13 bits per heavy atom. The lowest BCUT2D eigenvalue weighted by atomic mass is 9.49. The molecule has 4 rings (SSSR count). The quantitative estimate of drug-likeness (QED) is 0.492. The number of likely N-dealkylation sites (N-methyl/N-ethyl adjacent to an activating group) is 1. The van der Waals surface area contributed by atoms with Gasteiger partial charge in [-0.15, -0.1) is 0 Å². The second-order valence-electron chi connectivity index (χ2n) is 11.6. The van der Waals surface area contributed by atoms with Crippen LogP contribution in [0.3, 0.4) is 0 Å². The number of nitrogens with zero attached hydrogens (tertiary/aromatic N) is 2. The summed E-state index contributed by atoms with van der Waals surface area (Å²) < 4.78 is 0. The minimum atomic E-state index is -0.459. The molecule has 31 heavy (non-hydrogen) atoms. The maximum Gasteiger partial charge on any atom is 0.155 e. The second-order valence-corrected chi connectivity index (χ2v) is 11.6. The highest BCUT2D eigenvalue weighted by atomic mass is 16.3. The Kier molecular flexibility index (Phi) is 6.12. The zero-order chi connectivity index (χ0) is 22.4. The van der Waals surface area contributed by atoms with Crippen molar-refractivity contribution in [1.29, 1.82) is 5.26 Å². The Morgan fingerprint density at radius 3 is 2.58 bits per heavy atom. The minimum Gasteiger partial charge on any atom is -0.390 e. The summed E-state index contributed by atoms with van der Waals surface area (Å²) in [4.78, 5) is 15.2. The van der Waals surface area contributed by atoms with Gasteiger partial charge in [0.15, 0.2) is 5.78 Å². The van der Waals surface area contributed by atoms with E-state index < -0.39 is 5.60 Å². The second kappa shape index (κ2) is 8.39. The maximum atomic E-state index is 13.3. The molecule has 0 aromatic heterocycles. The lowest BCUT2D eigenvalue weighted by molar-refractivity contribution is -0.132. The van der Waals surface area contributed by atoms with Crippen LogP contribution in [0.1, 0.15) is 71.6 Å². The largest absolute Gasteiger partial charge is 0.390 e. The van der Waals surface area contributed by atoms with Gasteiger partial charge in [0.25, 0.3) is 0 Å². The van der Waals surface area contributed by atoms with E-state index in [2.05, 4.69) is 19.6 Å². The van der Waals surface area contributed by atoms with Crippen molar-refractivity contribution in [1.82, 2.24) is 4.90 Å². The molecule has 4 heteroatoms. The first-order chi connectivity index (χ1) is 14.7. The summed E-state index contributed by atoms with van der Waals surface area (Å²) >= 11 is 0. The molecule has 3 unspecified atom stereocenters. The number of fused-ring (bicyclic) bond motifs is 5. The van der Waals surface area contributed by atoms with E-state index >= 15 is 0 Å². The highest BCUT2D eigenvalue weighted by molar-refractivity contribution is 5.84. The van der Waals surface area contributed by atoms with Crippen molar-refractivity contribution in [3.05, 3.63) is 24.4 Å². The van der Waals surface area contributed by atoms with Gasteiger partial charge < -0.3 is 10.0 Å². The van der Waals surface area contributed by atoms with Crippen LogP contribution in [0.2, 0.25) is 0 Å². The van der Waals surface area contributed by atoms with E-state index in [1.54, 1.807) is 6.20 Å². The van der Waals surface area contributed by atoms with Gasteiger partial charge in [-0.25, -0.2) is 0 Å². The monoisotopic (exact) mass is 424 g/mol. The summed E-state index contributed by atoms with van der Waals surface area (Å²) in [6, 6.07) is 2.11. The van der Waals surface area contributed by atoms with E-state index in [9.17, 15) is 9.90 Å². The van der Waals surface area contributed by atoms with Gasteiger partial charge in [0.2, 0.25) is 0 Å². The average Bonchev–Trinajstić information content (AvgIpc) is 3.08. The predicted molar refractivity (Wildman–Crippen MR) is 123 cm³/mol. The van der Waals surface area contributed by atoms with E-state index in [1.807, 2.05) is 18.9 Å². The fourth-order valence-corrected chi connectivity index (χ4v) is 8.38. The van der Waals surface area contributed by atoms with Crippen LogP contribution in [-0.2, 0) is 4.79 Å². The zero-order valence-corrected chi connectivity index (χ0v) is 19.6. The van der Waals surface area contributed by atoms with Crippen molar-refractivity contribution >= 4 is 5.78 Å². The highest BCUT2D eigenvalue weighted by Gasteiger charge is 2.58. The summed E-state index contributed by atoms with van der Waals surface area (Å²) in [6.07, 6.45) is 13.6. The van der Waals surface area contributed by atoms with Gasteiger partial charge in [-0.2, -0.15) is 5.26 Å². The third-order valence-electron chi connectivity index (χ3n) is 9.74. The molecule has 0 bridgehead atoms. The van der Waals surface area contributed by atoms with Crippen LogP contribution in [0.5, 0.6) is 0 Å². The van der Waals surface area contributed by atoms with Crippen LogP contribution in [0.15, 0.2) is 24.4 Å². The van der Waals surface area contributed by atoms with Crippen LogP contribution in [0, 0.1) is 52.3 Å². The van der Waals surface area contributed by atoms with Crippen molar-refractivity contribution < 1.29 is 9.90 Å². The van der Waals surface area contributed by atoms with E-state index in [4.69, 9.17) is 5.26 Å². The Hall–Kier alpha value is -1.60. The molecule has 170 valence electrons. The summed E-state index contributed by atoms with van der Waals surface area (Å²) in [5.41, 5.74) is 0.167. The smallest absolute Gasteiger partial charge is 0.155 e. The maximum absolute atomic E-state index is 13.3. The number of carbonyl (C=O) groups is 1. The van der Waals surface area contributed by atoms with Gasteiger partial charge in [-0.3, -0.25) is 4.79 Å². The van der Waals surface area contributed by atoms with Crippen LogP contribution in [-0.4, -0.2) is 35.0 Å². The molecule has 0 spiro atoms. The lowest BCUT2D eigenvalue weighted by Crippen LogP contribution is -2.51. The number of carbonyl (C=O) groups excluding carboxylic acids is 1. The molecule has 4 aliphatic carbocycles. The zero-order valence-electron chi connectivity index (χ0n) is 19.6. The number of hydrogen-bond acceptors (Lipinski definition) is 4. The Bertz CT molecular complexity index is 794. The topological polar surface area (TPSA) is 64.3 Å². The van der Waals surface area contributed by atoms with Gasteiger partial charge >= 0.3 is 0 Å². The molecule has 0 saturated heterocycles. The van der Waals surface area contributed by atoms with Crippen LogP contribution >= 0.6 is 0 Å². The highest BCUT2D eigenvalue weighted by Crippen LogP contribution is 2.64. The first-order valence-electron chi connectivity index (χ1n) is 12.4. The molecular formula is C27H40N2O2. The molecule has 0 aromatic carbocycles. The number of nitriles is 1. The SMILES string of the molecule is C=C/C(C#N)=C\N(C)CC(=O)[C@H]1CC[C@H]2[C@@H]3CCC4C[C@](C)(O)CCC4[C@H]3CCC12C. The number of allylic oxidation sites excluding steroid dienone is 2. The number of ketones is 1. The summed E-state index contributed by atoms with van der Waals surface area (Å²) in [5, 5.41) is 19.7. The van der Waals surface area contributed by atoms with Crippen molar-refractivity contribution in [2.24, 2.45) is 40.9 Å². The van der Waals surface area contributed by atoms with E-state index in [0.717, 1.165) is 37.0 Å². The van der Waals surface area contributed by atoms with Gasteiger partial charge in [-0.05, 0) is 99.7 Å². The first kappa shape index (κ1) is 22.6. The van der Waals surface area contributed by atoms with Crippen molar-refractivity contribution in [3.8, 4) is 6.07 Å². The molecule has 0 aliphatic heterocycles. The molecule has 4 aliphatic rings. The van der Waals surface area contributed by atoms with Crippen LogP contribution < -0.4 is 0 Å². The van der Waals surface area contributed by atoms with Crippen molar-refractivity contribution in [2.75, 3.05) is 13.6 Å². The number of aliphatic hydroxyl groups is 1. The number of Topliss-reactive ketones (excluding diaryl/α,β-unsaturated/α-hetero) is 1. The number of hydrogen-bond donors (Lipinski definition) is 1. The molecular weight excluding hydrogens is 384 g/mol. The average molecular weight is 425 g/mol.